The van der Waals surface area contributed by atoms with Gasteiger partial charge in [-0.15, -0.1) is 0 Å². The summed E-state index contributed by atoms with van der Waals surface area (Å²) in [6.07, 6.45) is -1.28. The number of carbonyl (C=O) groups excluding carboxylic acids is 2. The van der Waals surface area contributed by atoms with E-state index in [4.69, 9.17) is 0 Å². The number of rotatable bonds is 8. The summed E-state index contributed by atoms with van der Waals surface area (Å²) in [4.78, 5) is 25.8. The first-order valence-corrected chi connectivity index (χ1v) is 11.9. The Bertz CT molecular complexity index is 986. The minimum Gasteiger partial charge on any atom is -0.356 e. The Morgan fingerprint density at radius 3 is 2.09 bits per heavy atom. The zero-order valence-electron chi connectivity index (χ0n) is 19.0. The van der Waals surface area contributed by atoms with Crippen molar-refractivity contribution in [2.75, 3.05) is 26.2 Å². The van der Waals surface area contributed by atoms with Gasteiger partial charge in [0.1, 0.15) is 12.0 Å². The van der Waals surface area contributed by atoms with E-state index in [1.807, 2.05) is 48.5 Å². The predicted octanol–water partition coefficient (Wildman–Crippen LogP) is 3.92. The summed E-state index contributed by atoms with van der Waals surface area (Å²) >= 11 is 0. The monoisotopic (exact) mass is 473 g/mol. The van der Waals surface area contributed by atoms with E-state index in [1.165, 1.54) is 0 Å². The molecule has 0 atom stereocenters. The molecular weight excluding hydrogens is 443 g/mol. The number of piperidine rings is 1. The lowest BCUT2D eigenvalue weighted by Gasteiger charge is -2.31. The molecule has 34 heavy (non-hydrogen) atoms. The predicted molar refractivity (Wildman–Crippen MR) is 124 cm³/mol. The van der Waals surface area contributed by atoms with Crippen LogP contribution < -0.4 is 16.0 Å². The molecule has 0 aromatic heterocycles. The normalized spacial score (nSPS) is 17.0. The van der Waals surface area contributed by atoms with Crippen molar-refractivity contribution in [2.24, 2.45) is 5.92 Å². The van der Waals surface area contributed by atoms with E-state index < -0.39 is 24.0 Å². The molecule has 0 saturated carbocycles. The van der Waals surface area contributed by atoms with Crippen molar-refractivity contribution in [1.29, 1.82) is 0 Å². The molecule has 5 nitrogen and oxygen atoms in total. The number of hydrogen-bond acceptors (Lipinski definition) is 3. The van der Waals surface area contributed by atoms with Gasteiger partial charge in [0, 0.05) is 12.5 Å². The summed E-state index contributed by atoms with van der Waals surface area (Å²) in [5, 5.41) is 8.38. The molecule has 1 fully saturated rings. The number of benzene rings is 2. The third kappa shape index (κ3) is 4.97. The Morgan fingerprint density at radius 1 is 0.912 bits per heavy atom. The minimum atomic E-state index is -4.49. The van der Waals surface area contributed by atoms with Crippen molar-refractivity contribution in [2.45, 2.75) is 43.7 Å². The van der Waals surface area contributed by atoms with Gasteiger partial charge in [0.15, 0.2) is 0 Å². The van der Waals surface area contributed by atoms with E-state index in [0.29, 0.717) is 25.8 Å². The highest BCUT2D eigenvalue weighted by Crippen LogP contribution is 2.51. The second-order valence-corrected chi connectivity index (χ2v) is 9.07. The number of carbonyl (C=O) groups is 2. The molecule has 2 aliphatic rings. The number of amides is 2. The van der Waals surface area contributed by atoms with Gasteiger partial charge in [-0.05, 0) is 67.4 Å². The molecule has 1 aliphatic heterocycles. The zero-order valence-corrected chi connectivity index (χ0v) is 19.0. The van der Waals surface area contributed by atoms with Crippen LogP contribution in [-0.4, -0.2) is 44.2 Å². The Morgan fingerprint density at radius 2 is 1.50 bits per heavy atom. The molecule has 1 heterocycles. The number of halogens is 3. The van der Waals surface area contributed by atoms with E-state index in [-0.39, 0.29) is 11.8 Å². The summed E-state index contributed by atoms with van der Waals surface area (Å²) in [6.45, 7) is 0.787. The van der Waals surface area contributed by atoms with E-state index in [2.05, 4.69) is 16.0 Å². The molecule has 8 heteroatoms. The molecule has 182 valence electrons. The van der Waals surface area contributed by atoms with Gasteiger partial charge in [0.25, 0.3) is 0 Å². The third-order valence-corrected chi connectivity index (χ3v) is 6.89. The van der Waals surface area contributed by atoms with Gasteiger partial charge in [-0.1, -0.05) is 48.5 Å². The molecule has 1 saturated heterocycles. The lowest BCUT2D eigenvalue weighted by atomic mass is 9.73. The second-order valence-electron chi connectivity index (χ2n) is 9.07. The van der Waals surface area contributed by atoms with Crippen LogP contribution in [0.15, 0.2) is 48.5 Å². The molecule has 0 spiro atoms. The van der Waals surface area contributed by atoms with Crippen LogP contribution in [0.5, 0.6) is 0 Å². The fraction of sp³-hybridized carbons (Fsp3) is 0.462. The first kappa shape index (κ1) is 24.3. The van der Waals surface area contributed by atoms with Crippen molar-refractivity contribution >= 4 is 11.8 Å². The first-order valence-electron chi connectivity index (χ1n) is 11.9. The van der Waals surface area contributed by atoms with Gasteiger partial charge in [0.05, 0.1) is 0 Å². The van der Waals surface area contributed by atoms with Crippen molar-refractivity contribution in [1.82, 2.24) is 16.0 Å². The van der Waals surface area contributed by atoms with Crippen LogP contribution in [0, 0.1) is 5.92 Å². The van der Waals surface area contributed by atoms with Crippen molar-refractivity contribution in [3.63, 3.8) is 0 Å². The summed E-state index contributed by atoms with van der Waals surface area (Å²) in [7, 11) is 0. The van der Waals surface area contributed by atoms with Crippen molar-refractivity contribution in [3.8, 4) is 11.1 Å². The van der Waals surface area contributed by atoms with Crippen LogP contribution in [0.1, 0.15) is 43.2 Å². The lowest BCUT2D eigenvalue weighted by molar-refractivity contribution is -0.141. The quantitative estimate of drug-likeness (QED) is 0.509. The summed E-state index contributed by atoms with van der Waals surface area (Å²) in [5.74, 6) is -0.564. The number of hydrogen-bond donors (Lipinski definition) is 3. The van der Waals surface area contributed by atoms with Crippen LogP contribution >= 0.6 is 0 Å². The second kappa shape index (κ2) is 10.2. The first-order chi connectivity index (χ1) is 16.3. The van der Waals surface area contributed by atoms with Crippen LogP contribution in [0.2, 0.25) is 0 Å². The maximum atomic E-state index is 13.4. The largest absolute Gasteiger partial charge is 0.405 e. The van der Waals surface area contributed by atoms with E-state index >= 15 is 0 Å². The van der Waals surface area contributed by atoms with Gasteiger partial charge < -0.3 is 16.0 Å². The number of alkyl halides is 3. The van der Waals surface area contributed by atoms with Crippen LogP contribution in [0.4, 0.5) is 13.2 Å². The van der Waals surface area contributed by atoms with E-state index in [0.717, 1.165) is 48.2 Å². The molecule has 0 unspecified atom stereocenters. The van der Waals surface area contributed by atoms with Crippen LogP contribution in [0.3, 0.4) is 0 Å². The van der Waals surface area contributed by atoms with Crippen molar-refractivity contribution < 1.29 is 22.8 Å². The number of unbranched alkanes of at least 4 members (excludes halogenated alkanes) is 1. The third-order valence-electron chi connectivity index (χ3n) is 6.89. The summed E-state index contributed by atoms with van der Waals surface area (Å²) < 4.78 is 38.8. The van der Waals surface area contributed by atoms with E-state index in [9.17, 15) is 22.8 Å². The molecule has 1 aliphatic carbocycles. The van der Waals surface area contributed by atoms with Gasteiger partial charge in [-0.25, -0.2) is 0 Å². The van der Waals surface area contributed by atoms with Crippen molar-refractivity contribution in [3.05, 3.63) is 59.7 Å². The molecule has 2 amide bonds. The molecule has 2 aromatic rings. The Kier molecular flexibility index (Phi) is 7.26. The standard InChI is InChI=1S/C26H30F3N3O2/c27-26(28,29)17-32-24(34)25(13-5-6-14-31-23(33)18-11-15-30-16-12-18)21-9-3-1-7-19(21)20-8-2-4-10-22(20)25/h1-4,7-10,18,30H,5-6,11-17H2,(H,31,33)(H,32,34). The molecule has 4 rings (SSSR count). The van der Waals surface area contributed by atoms with E-state index in [1.54, 1.807) is 0 Å². The van der Waals surface area contributed by atoms with Crippen LogP contribution in [0.25, 0.3) is 11.1 Å². The molecule has 3 N–H and O–H groups in total. The fourth-order valence-electron chi connectivity index (χ4n) is 5.24. The highest BCUT2D eigenvalue weighted by atomic mass is 19.4. The summed E-state index contributed by atoms with van der Waals surface area (Å²) in [6, 6.07) is 14.9. The maximum absolute atomic E-state index is 13.4. The highest BCUT2D eigenvalue weighted by molar-refractivity contribution is 6.00. The van der Waals surface area contributed by atoms with Gasteiger partial charge in [-0.3, -0.25) is 9.59 Å². The Balaban J connectivity index is 1.51. The smallest absolute Gasteiger partial charge is 0.356 e. The molecule has 0 bridgehead atoms. The Hall–Kier alpha value is -2.87. The Labute approximate surface area is 197 Å². The lowest BCUT2D eigenvalue weighted by Crippen LogP contribution is -2.47. The van der Waals surface area contributed by atoms with Gasteiger partial charge >= 0.3 is 6.18 Å². The fourth-order valence-corrected chi connectivity index (χ4v) is 5.24. The minimum absolute atomic E-state index is 0.0225. The van der Waals surface area contributed by atoms with Gasteiger partial charge in [0.2, 0.25) is 11.8 Å². The zero-order chi connectivity index (χ0) is 24.2. The topological polar surface area (TPSA) is 70.2 Å². The average Bonchev–Trinajstić information content (AvgIpc) is 3.13. The van der Waals surface area contributed by atoms with Gasteiger partial charge in [-0.2, -0.15) is 13.2 Å². The number of nitrogens with one attached hydrogen (secondary N) is 3. The highest BCUT2D eigenvalue weighted by Gasteiger charge is 2.49. The maximum Gasteiger partial charge on any atom is 0.405 e. The molecule has 2 aromatic carbocycles. The number of fused-ring (bicyclic) bond motifs is 3. The SMILES string of the molecule is O=C(NCCCCC1(C(=O)NCC(F)(F)F)c2ccccc2-c2ccccc21)C1CCNCC1. The summed E-state index contributed by atoms with van der Waals surface area (Å²) in [5.41, 5.74) is 2.01. The molecular formula is C26H30F3N3O2. The van der Waals surface area contributed by atoms with Crippen LogP contribution in [-0.2, 0) is 15.0 Å². The molecule has 0 radical (unpaired) electrons. The average molecular weight is 474 g/mol.